The Hall–Kier alpha value is -2.58. The zero-order chi connectivity index (χ0) is 17.7. The average Bonchev–Trinajstić information content (AvgIpc) is 2.65. The van der Waals surface area contributed by atoms with Gasteiger partial charge in [-0.15, -0.1) is 0 Å². The van der Waals surface area contributed by atoms with Crippen LogP contribution in [0.2, 0.25) is 0 Å². The van der Waals surface area contributed by atoms with Crippen LogP contribution in [0.1, 0.15) is 30.5 Å². The zero-order valence-corrected chi connectivity index (χ0v) is 14.9. The Morgan fingerprint density at radius 3 is 1.80 bits per heavy atom. The van der Waals surface area contributed by atoms with Gasteiger partial charge in [0.25, 0.3) is 0 Å². The minimum absolute atomic E-state index is 0.0380. The van der Waals surface area contributed by atoms with Crippen molar-refractivity contribution in [3.05, 3.63) is 95.6 Å². The highest BCUT2D eigenvalue weighted by Gasteiger charge is 2.22. The molecule has 2 heteroatoms. The average molecular weight is 331 g/mol. The fourth-order valence-corrected chi connectivity index (χ4v) is 2.99. The van der Waals surface area contributed by atoms with Gasteiger partial charge in [0, 0.05) is 5.41 Å². The summed E-state index contributed by atoms with van der Waals surface area (Å²) in [6.45, 7) is 5.15. The van der Waals surface area contributed by atoms with Gasteiger partial charge >= 0.3 is 0 Å². The number of hydrogen-bond acceptors (Lipinski definition) is 2. The number of hydrogen-bond donors (Lipinski definition) is 1. The molecule has 0 bridgehead atoms. The summed E-state index contributed by atoms with van der Waals surface area (Å²) in [6.07, 6.45) is 0.892. The summed E-state index contributed by atoms with van der Waals surface area (Å²) in [4.78, 5) is 0. The molecule has 128 valence electrons. The fraction of sp³-hybridized carbons (Fsp3) is 0.217. The first kappa shape index (κ1) is 17.2. The lowest BCUT2D eigenvalue weighted by molar-refractivity contribution is 0.481. The quantitative estimate of drug-likeness (QED) is 0.664. The van der Waals surface area contributed by atoms with Crippen LogP contribution >= 0.6 is 0 Å². The molecule has 0 atom stereocenters. The summed E-state index contributed by atoms with van der Waals surface area (Å²) < 4.78 is 5.95. The van der Waals surface area contributed by atoms with E-state index in [4.69, 9.17) is 10.5 Å². The molecule has 0 aliphatic carbocycles. The summed E-state index contributed by atoms with van der Waals surface area (Å²) in [5.74, 6) is 1.69. The number of nitrogens with two attached hydrogens (primary N) is 1. The van der Waals surface area contributed by atoms with E-state index in [2.05, 4.69) is 68.4 Å². The number of ether oxygens (including phenoxy) is 1. The van der Waals surface area contributed by atoms with Gasteiger partial charge in [-0.2, -0.15) is 0 Å². The maximum atomic E-state index is 5.95. The Labute approximate surface area is 150 Å². The molecular formula is C23H25NO. The van der Waals surface area contributed by atoms with Gasteiger partial charge < -0.3 is 10.5 Å². The van der Waals surface area contributed by atoms with Gasteiger partial charge in [-0.3, -0.25) is 0 Å². The van der Waals surface area contributed by atoms with E-state index in [1.54, 1.807) is 0 Å². The molecule has 3 aromatic rings. The van der Waals surface area contributed by atoms with Gasteiger partial charge in [0.05, 0.1) is 0 Å². The Morgan fingerprint density at radius 1 is 0.720 bits per heavy atom. The molecule has 0 spiro atoms. The number of benzene rings is 3. The molecule has 2 nitrogen and oxygen atoms in total. The van der Waals surface area contributed by atoms with Crippen LogP contribution in [0, 0.1) is 0 Å². The predicted molar refractivity (Wildman–Crippen MR) is 104 cm³/mol. The van der Waals surface area contributed by atoms with Crippen molar-refractivity contribution in [2.45, 2.75) is 25.7 Å². The van der Waals surface area contributed by atoms with Gasteiger partial charge in [0.1, 0.15) is 11.5 Å². The van der Waals surface area contributed by atoms with E-state index in [1.165, 1.54) is 16.7 Å². The van der Waals surface area contributed by atoms with Crippen molar-refractivity contribution in [2.75, 3.05) is 6.54 Å². The van der Waals surface area contributed by atoms with Crippen molar-refractivity contribution in [3.8, 4) is 11.5 Å². The SMILES string of the molecule is CC(C)(c1ccccc1)c1ccc(Oc2ccc(CCN)cc2)cc1. The molecule has 0 aliphatic rings. The van der Waals surface area contributed by atoms with Crippen LogP contribution in [0.4, 0.5) is 0 Å². The van der Waals surface area contributed by atoms with Crippen molar-refractivity contribution in [3.63, 3.8) is 0 Å². The highest BCUT2D eigenvalue weighted by atomic mass is 16.5. The van der Waals surface area contributed by atoms with Crippen molar-refractivity contribution >= 4 is 0 Å². The standard InChI is InChI=1S/C23H25NO/c1-23(2,19-6-4-3-5-7-19)20-10-14-22(15-11-20)25-21-12-8-18(9-13-21)16-17-24/h3-15H,16-17,24H2,1-2H3. The van der Waals surface area contributed by atoms with E-state index >= 15 is 0 Å². The van der Waals surface area contributed by atoms with Crippen molar-refractivity contribution in [1.82, 2.24) is 0 Å². The largest absolute Gasteiger partial charge is 0.457 e. The van der Waals surface area contributed by atoms with E-state index in [-0.39, 0.29) is 5.41 Å². The zero-order valence-electron chi connectivity index (χ0n) is 14.9. The minimum Gasteiger partial charge on any atom is -0.457 e. The van der Waals surface area contributed by atoms with Crippen LogP contribution in [-0.2, 0) is 11.8 Å². The lowest BCUT2D eigenvalue weighted by Gasteiger charge is -2.26. The first-order valence-electron chi connectivity index (χ1n) is 8.72. The summed E-state index contributed by atoms with van der Waals surface area (Å²) >= 11 is 0. The lowest BCUT2D eigenvalue weighted by Crippen LogP contribution is -2.18. The molecular weight excluding hydrogens is 306 g/mol. The van der Waals surface area contributed by atoms with Crippen molar-refractivity contribution < 1.29 is 4.74 Å². The van der Waals surface area contributed by atoms with E-state index in [0.717, 1.165) is 17.9 Å². The van der Waals surface area contributed by atoms with E-state index < -0.39 is 0 Å². The third-order valence-corrected chi connectivity index (χ3v) is 4.66. The van der Waals surface area contributed by atoms with Gasteiger partial charge in [-0.1, -0.05) is 68.4 Å². The van der Waals surface area contributed by atoms with Crippen molar-refractivity contribution in [1.29, 1.82) is 0 Å². The van der Waals surface area contributed by atoms with Crippen LogP contribution in [0.25, 0.3) is 0 Å². The summed E-state index contributed by atoms with van der Waals surface area (Å²) in [7, 11) is 0. The summed E-state index contributed by atoms with van der Waals surface area (Å²) in [5, 5.41) is 0. The monoisotopic (exact) mass is 331 g/mol. The van der Waals surface area contributed by atoms with Crippen LogP contribution < -0.4 is 10.5 Å². The van der Waals surface area contributed by atoms with Gasteiger partial charge in [-0.05, 0) is 53.9 Å². The molecule has 0 saturated heterocycles. The summed E-state index contributed by atoms with van der Waals surface area (Å²) in [5.41, 5.74) is 9.35. The highest BCUT2D eigenvalue weighted by Crippen LogP contribution is 2.33. The maximum Gasteiger partial charge on any atom is 0.127 e. The van der Waals surface area contributed by atoms with Crippen LogP contribution in [0.5, 0.6) is 11.5 Å². The van der Waals surface area contributed by atoms with E-state index in [0.29, 0.717) is 6.54 Å². The Kier molecular flexibility index (Phi) is 5.20. The van der Waals surface area contributed by atoms with Crippen molar-refractivity contribution in [2.24, 2.45) is 5.73 Å². The first-order valence-corrected chi connectivity index (χ1v) is 8.72. The van der Waals surface area contributed by atoms with Crippen LogP contribution in [0.3, 0.4) is 0 Å². The fourth-order valence-electron chi connectivity index (χ4n) is 2.99. The molecule has 0 radical (unpaired) electrons. The third kappa shape index (κ3) is 4.09. The van der Waals surface area contributed by atoms with Gasteiger partial charge in [0.2, 0.25) is 0 Å². The second-order valence-electron chi connectivity index (χ2n) is 6.80. The number of rotatable bonds is 6. The lowest BCUT2D eigenvalue weighted by atomic mass is 9.78. The van der Waals surface area contributed by atoms with Gasteiger partial charge in [0.15, 0.2) is 0 Å². The molecule has 2 N–H and O–H groups in total. The molecule has 0 aliphatic heterocycles. The molecule has 0 unspecified atom stereocenters. The molecule has 0 fully saturated rings. The second-order valence-corrected chi connectivity index (χ2v) is 6.80. The van der Waals surface area contributed by atoms with Crippen LogP contribution in [-0.4, -0.2) is 6.54 Å². The second kappa shape index (κ2) is 7.54. The first-order chi connectivity index (χ1) is 12.1. The normalized spacial score (nSPS) is 11.3. The molecule has 0 heterocycles. The van der Waals surface area contributed by atoms with Crippen LogP contribution in [0.15, 0.2) is 78.9 Å². The Balaban J connectivity index is 1.74. The third-order valence-electron chi connectivity index (χ3n) is 4.66. The maximum absolute atomic E-state index is 5.95. The predicted octanol–water partition coefficient (Wildman–Crippen LogP) is 5.31. The highest BCUT2D eigenvalue weighted by molar-refractivity contribution is 5.41. The molecule has 25 heavy (non-hydrogen) atoms. The Bertz CT molecular complexity index is 790. The Morgan fingerprint density at radius 2 is 1.24 bits per heavy atom. The molecule has 3 aromatic carbocycles. The molecule has 3 rings (SSSR count). The summed E-state index contributed by atoms with van der Waals surface area (Å²) in [6, 6.07) is 27.0. The smallest absolute Gasteiger partial charge is 0.127 e. The molecule has 0 amide bonds. The molecule has 0 saturated carbocycles. The van der Waals surface area contributed by atoms with E-state index in [1.807, 2.05) is 24.3 Å². The van der Waals surface area contributed by atoms with Gasteiger partial charge in [-0.25, -0.2) is 0 Å². The topological polar surface area (TPSA) is 35.2 Å². The van der Waals surface area contributed by atoms with E-state index in [9.17, 15) is 0 Å². The minimum atomic E-state index is -0.0380. The molecule has 0 aromatic heterocycles.